The third-order valence-electron chi connectivity index (χ3n) is 5.61. The smallest absolute Gasteiger partial charge is 0.128 e. The van der Waals surface area contributed by atoms with Gasteiger partial charge in [0, 0.05) is 30.8 Å². The van der Waals surface area contributed by atoms with Crippen molar-refractivity contribution in [3.05, 3.63) is 59.8 Å². The second-order valence-corrected chi connectivity index (χ2v) is 7.45. The molecule has 138 valence electrons. The molecular weight excluding hydrogens is 336 g/mol. The van der Waals surface area contributed by atoms with Crippen LogP contribution in [0.1, 0.15) is 24.1 Å². The molecule has 0 spiro atoms. The zero-order chi connectivity index (χ0) is 18.2. The monoisotopic (exact) mass is 360 g/mol. The fraction of sp³-hybridized carbons (Fsp3) is 0.348. The Bertz CT molecular complexity index is 965. The van der Waals surface area contributed by atoms with E-state index < -0.39 is 0 Å². The van der Waals surface area contributed by atoms with E-state index in [0.29, 0.717) is 6.10 Å². The van der Waals surface area contributed by atoms with Crippen molar-refractivity contribution in [1.29, 1.82) is 0 Å². The van der Waals surface area contributed by atoms with Crippen molar-refractivity contribution >= 4 is 16.6 Å². The van der Waals surface area contributed by atoms with Crippen molar-refractivity contribution in [1.82, 2.24) is 4.98 Å². The number of hydrogen-bond donors (Lipinski definition) is 0. The highest BCUT2D eigenvalue weighted by molar-refractivity contribution is 5.96. The molecule has 0 bridgehead atoms. The van der Waals surface area contributed by atoms with Crippen LogP contribution in [0.25, 0.3) is 10.9 Å². The van der Waals surface area contributed by atoms with E-state index in [4.69, 9.17) is 14.5 Å². The van der Waals surface area contributed by atoms with Crippen LogP contribution in [0.2, 0.25) is 0 Å². The summed E-state index contributed by atoms with van der Waals surface area (Å²) in [4.78, 5) is 7.34. The molecule has 2 aliphatic rings. The highest BCUT2D eigenvalue weighted by atomic mass is 16.5. The molecule has 1 unspecified atom stereocenters. The topological polar surface area (TPSA) is 34.6 Å². The van der Waals surface area contributed by atoms with Gasteiger partial charge in [0.05, 0.1) is 17.3 Å². The van der Waals surface area contributed by atoms with E-state index in [1.165, 1.54) is 23.1 Å². The fourth-order valence-corrected chi connectivity index (χ4v) is 4.31. The summed E-state index contributed by atoms with van der Waals surface area (Å²) in [5, 5.41) is 1.18. The van der Waals surface area contributed by atoms with Gasteiger partial charge < -0.3 is 14.4 Å². The second-order valence-electron chi connectivity index (χ2n) is 7.45. The van der Waals surface area contributed by atoms with Gasteiger partial charge >= 0.3 is 0 Å². The maximum Gasteiger partial charge on any atom is 0.128 e. The van der Waals surface area contributed by atoms with Crippen molar-refractivity contribution in [3.63, 3.8) is 0 Å². The summed E-state index contributed by atoms with van der Waals surface area (Å²) in [7, 11) is 0. The van der Waals surface area contributed by atoms with Gasteiger partial charge in [-0.1, -0.05) is 18.2 Å². The molecule has 1 atom stereocenters. The number of fused-ring (bicyclic) bond motifs is 3. The lowest BCUT2D eigenvalue weighted by Crippen LogP contribution is -2.30. The first-order chi connectivity index (χ1) is 13.3. The summed E-state index contributed by atoms with van der Waals surface area (Å²) in [5.41, 5.74) is 4.87. The molecule has 3 heterocycles. The van der Waals surface area contributed by atoms with E-state index in [9.17, 15) is 0 Å². The Kier molecular flexibility index (Phi) is 4.21. The number of pyridine rings is 1. The van der Waals surface area contributed by atoms with Crippen molar-refractivity contribution in [2.45, 2.75) is 32.3 Å². The van der Waals surface area contributed by atoms with Gasteiger partial charge in [-0.05, 0) is 62.1 Å². The number of para-hydroxylation sites is 1. The molecule has 5 rings (SSSR count). The van der Waals surface area contributed by atoms with Gasteiger partial charge in [-0.2, -0.15) is 0 Å². The van der Waals surface area contributed by atoms with E-state index in [0.717, 1.165) is 55.2 Å². The van der Waals surface area contributed by atoms with Crippen LogP contribution < -0.4 is 9.64 Å². The van der Waals surface area contributed by atoms with E-state index in [-0.39, 0.29) is 0 Å². The Morgan fingerprint density at radius 1 is 1.15 bits per heavy atom. The number of aryl methyl sites for hydroxylation is 1. The highest BCUT2D eigenvalue weighted by Gasteiger charge is 2.28. The Balaban J connectivity index is 1.54. The normalized spacial score (nSPS) is 18.9. The van der Waals surface area contributed by atoms with Crippen LogP contribution in [0, 0.1) is 6.92 Å². The van der Waals surface area contributed by atoms with Gasteiger partial charge in [0.1, 0.15) is 11.5 Å². The quantitative estimate of drug-likeness (QED) is 0.664. The predicted octanol–water partition coefficient (Wildman–Crippen LogP) is 4.88. The molecule has 2 aliphatic heterocycles. The number of benzene rings is 2. The van der Waals surface area contributed by atoms with Gasteiger partial charge in [0.2, 0.25) is 0 Å². The summed E-state index contributed by atoms with van der Waals surface area (Å²) < 4.78 is 12.0. The number of nitrogens with zero attached hydrogens (tertiary/aromatic N) is 2. The summed E-state index contributed by atoms with van der Waals surface area (Å²) in [6.07, 6.45) is 3.75. The first-order valence-corrected chi connectivity index (χ1v) is 9.80. The number of aromatic nitrogens is 1. The van der Waals surface area contributed by atoms with Crippen molar-refractivity contribution in [2.24, 2.45) is 0 Å². The number of hydrogen-bond acceptors (Lipinski definition) is 4. The first-order valence-electron chi connectivity index (χ1n) is 9.80. The lowest BCUT2D eigenvalue weighted by molar-refractivity contribution is 0.116. The molecule has 0 saturated carbocycles. The predicted molar refractivity (Wildman–Crippen MR) is 108 cm³/mol. The fourth-order valence-electron chi connectivity index (χ4n) is 4.31. The molecule has 0 aliphatic carbocycles. The van der Waals surface area contributed by atoms with Gasteiger partial charge in [-0.25, -0.2) is 0 Å². The lowest BCUT2D eigenvalue weighted by Gasteiger charge is -2.24. The van der Waals surface area contributed by atoms with Crippen molar-refractivity contribution in [2.75, 3.05) is 24.6 Å². The average Bonchev–Trinajstić information content (AvgIpc) is 3.34. The molecule has 0 radical (unpaired) electrons. The van der Waals surface area contributed by atoms with Crippen LogP contribution in [0.15, 0.2) is 48.5 Å². The van der Waals surface area contributed by atoms with Crippen LogP contribution in [0.4, 0.5) is 5.69 Å². The molecular formula is C23H24N2O2. The Morgan fingerprint density at radius 3 is 2.85 bits per heavy atom. The molecule has 2 aromatic carbocycles. The minimum Gasteiger partial charge on any atom is -0.457 e. The van der Waals surface area contributed by atoms with Crippen molar-refractivity contribution in [3.8, 4) is 11.5 Å². The van der Waals surface area contributed by atoms with Gasteiger partial charge in [0.15, 0.2) is 0 Å². The van der Waals surface area contributed by atoms with Crippen LogP contribution in [-0.2, 0) is 11.2 Å². The third kappa shape index (κ3) is 3.15. The van der Waals surface area contributed by atoms with Crippen LogP contribution >= 0.6 is 0 Å². The van der Waals surface area contributed by atoms with E-state index >= 15 is 0 Å². The molecule has 4 heteroatoms. The Hall–Kier alpha value is -2.59. The van der Waals surface area contributed by atoms with E-state index in [1.54, 1.807) is 0 Å². The summed E-state index contributed by atoms with van der Waals surface area (Å²) in [6.45, 7) is 5.04. The third-order valence-corrected chi connectivity index (χ3v) is 5.61. The molecule has 1 fully saturated rings. The molecule has 1 saturated heterocycles. The first kappa shape index (κ1) is 16.6. The Labute approximate surface area is 159 Å². The zero-order valence-electron chi connectivity index (χ0n) is 15.6. The van der Waals surface area contributed by atoms with Gasteiger partial charge in [-0.3, -0.25) is 4.98 Å². The van der Waals surface area contributed by atoms with Crippen LogP contribution in [-0.4, -0.2) is 30.8 Å². The summed E-state index contributed by atoms with van der Waals surface area (Å²) in [5.74, 6) is 1.70. The highest BCUT2D eigenvalue weighted by Crippen LogP contribution is 2.39. The maximum atomic E-state index is 6.07. The number of anilines is 1. The average molecular weight is 360 g/mol. The lowest BCUT2D eigenvalue weighted by atomic mass is 10.1. The van der Waals surface area contributed by atoms with Crippen molar-refractivity contribution < 1.29 is 9.47 Å². The summed E-state index contributed by atoms with van der Waals surface area (Å²) in [6, 6.07) is 16.1. The van der Waals surface area contributed by atoms with Crippen LogP contribution in [0.5, 0.6) is 11.5 Å². The second kappa shape index (κ2) is 6.86. The zero-order valence-corrected chi connectivity index (χ0v) is 15.6. The SMILES string of the molecule is Cc1nc2ccc(Oc3ccccc3)cc2c2c1CCN2CC1CCCO1. The molecule has 0 N–H and O–H groups in total. The van der Waals surface area contributed by atoms with Crippen LogP contribution in [0.3, 0.4) is 0 Å². The number of rotatable bonds is 4. The molecule has 3 aromatic rings. The standard InChI is InChI=1S/C23H24N2O2/c1-16-20-11-12-25(15-19-8-5-13-26-19)23(20)21-14-18(9-10-22(21)24-16)27-17-6-3-2-4-7-17/h2-4,6-7,9-10,14,19H,5,8,11-13,15H2,1H3. The van der Waals surface area contributed by atoms with Gasteiger partial charge in [0.25, 0.3) is 0 Å². The molecule has 1 aromatic heterocycles. The summed E-state index contributed by atoms with van der Waals surface area (Å²) >= 11 is 0. The molecule has 27 heavy (non-hydrogen) atoms. The van der Waals surface area contributed by atoms with E-state index in [1.807, 2.05) is 36.4 Å². The minimum atomic E-state index is 0.350. The molecule has 0 amide bonds. The van der Waals surface area contributed by atoms with Gasteiger partial charge in [-0.15, -0.1) is 0 Å². The molecule has 4 nitrogen and oxygen atoms in total. The Morgan fingerprint density at radius 2 is 2.04 bits per heavy atom. The number of ether oxygens (including phenoxy) is 2. The maximum absolute atomic E-state index is 6.07. The largest absolute Gasteiger partial charge is 0.457 e. The minimum absolute atomic E-state index is 0.350. The van der Waals surface area contributed by atoms with E-state index in [2.05, 4.69) is 24.0 Å².